The number of carbonyl (C=O) groups is 1. The molecule has 152 valence electrons. The lowest BCUT2D eigenvalue weighted by atomic mass is 9.97. The normalized spacial score (nSPS) is 16.4. The molecule has 3 heterocycles. The molecular weight excluding hydrogens is 356 g/mol. The molecule has 2 aromatic rings. The van der Waals surface area contributed by atoms with Gasteiger partial charge in [-0.05, 0) is 45.6 Å². The van der Waals surface area contributed by atoms with E-state index in [9.17, 15) is 9.90 Å². The first-order chi connectivity index (χ1) is 13.3. The smallest absolute Gasteiger partial charge is 0.223 e. The van der Waals surface area contributed by atoms with E-state index in [4.69, 9.17) is 0 Å². The van der Waals surface area contributed by atoms with Gasteiger partial charge in [0.15, 0.2) is 5.82 Å². The van der Waals surface area contributed by atoms with Gasteiger partial charge in [-0.1, -0.05) is 0 Å². The summed E-state index contributed by atoms with van der Waals surface area (Å²) in [4.78, 5) is 27.0. The fourth-order valence-corrected chi connectivity index (χ4v) is 3.42. The molecule has 0 radical (unpaired) electrons. The van der Waals surface area contributed by atoms with Crippen LogP contribution in [0.15, 0.2) is 12.3 Å². The Morgan fingerprint density at radius 2 is 2.00 bits per heavy atom. The monoisotopic (exact) mass is 386 g/mol. The van der Waals surface area contributed by atoms with E-state index in [2.05, 4.69) is 25.6 Å². The highest BCUT2D eigenvalue weighted by Gasteiger charge is 2.21. The Morgan fingerprint density at radius 1 is 1.29 bits per heavy atom. The summed E-state index contributed by atoms with van der Waals surface area (Å²) < 4.78 is 0. The van der Waals surface area contributed by atoms with Gasteiger partial charge in [-0.3, -0.25) is 4.79 Å². The second kappa shape index (κ2) is 8.68. The van der Waals surface area contributed by atoms with E-state index in [0.717, 1.165) is 43.4 Å². The summed E-state index contributed by atoms with van der Waals surface area (Å²) in [7, 11) is 0. The second-order valence-corrected chi connectivity index (χ2v) is 7.83. The van der Waals surface area contributed by atoms with Gasteiger partial charge in [0.2, 0.25) is 11.9 Å². The van der Waals surface area contributed by atoms with Gasteiger partial charge in [0.1, 0.15) is 5.52 Å². The minimum atomic E-state index is -0.657. The van der Waals surface area contributed by atoms with Crippen molar-refractivity contribution in [2.24, 2.45) is 5.92 Å². The molecule has 1 aliphatic rings. The van der Waals surface area contributed by atoms with Crippen molar-refractivity contribution in [3.05, 3.63) is 18.0 Å². The van der Waals surface area contributed by atoms with Crippen molar-refractivity contribution in [3.63, 3.8) is 0 Å². The zero-order valence-corrected chi connectivity index (χ0v) is 17.1. The molecule has 8 nitrogen and oxygen atoms in total. The zero-order chi connectivity index (χ0) is 20.3. The molecule has 0 bridgehead atoms. The summed E-state index contributed by atoms with van der Waals surface area (Å²) in [5, 5.41) is 17.4. The number of piperidine rings is 1. The maximum Gasteiger partial charge on any atom is 0.223 e. The molecule has 8 heteroatoms. The number of aliphatic hydroxyl groups excluding tert-OH is 1. The van der Waals surface area contributed by atoms with Crippen LogP contribution < -0.4 is 10.6 Å². The van der Waals surface area contributed by atoms with Crippen LogP contribution in [0.2, 0.25) is 0 Å². The number of likely N-dealkylation sites (tertiary alicyclic amines) is 1. The summed E-state index contributed by atoms with van der Waals surface area (Å²) in [6.07, 6.45) is 3.08. The number of nitrogens with one attached hydrogen (secondary N) is 2. The second-order valence-electron chi connectivity index (χ2n) is 7.83. The molecule has 0 unspecified atom stereocenters. The average Bonchev–Trinajstić information content (AvgIpc) is 2.66. The molecule has 28 heavy (non-hydrogen) atoms. The lowest BCUT2D eigenvalue weighted by Crippen LogP contribution is -2.38. The molecule has 0 spiro atoms. The van der Waals surface area contributed by atoms with Crippen LogP contribution in [-0.2, 0) is 4.79 Å². The van der Waals surface area contributed by atoms with Gasteiger partial charge in [-0.2, -0.15) is 0 Å². The van der Waals surface area contributed by atoms with Crippen molar-refractivity contribution in [2.45, 2.75) is 52.7 Å². The van der Waals surface area contributed by atoms with Crippen molar-refractivity contribution in [3.8, 4) is 0 Å². The van der Waals surface area contributed by atoms with Crippen molar-refractivity contribution < 1.29 is 9.90 Å². The molecule has 0 saturated carbocycles. The number of rotatable bonds is 6. The molecule has 3 rings (SSSR count). The van der Waals surface area contributed by atoms with Gasteiger partial charge in [-0.25, -0.2) is 15.0 Å². The van der Waals surface area contributed by atoms with Crippen LogP contribution in [0.3, 0.4) is 0 Å². The summed E-state index contributed by atoms with van der Waals surface area (Å²) in [6.45, 7) is 9.81. The van der Waals surface area contributed by atoms with Gasteiger partial charge in [0.05, 0.1) is 11.8 Å². The lowest BCUT2D eigenvalue weighted by Gasteiger charge is -2.31. The van der Waals surface area contributed by atoms with E-state index < -0.39 is 6.10 Å². The van der Waals surface area contributed by atoms with E-state index in [-0.39, 0.29) is 11.9 Å². The predicted molar refractivity (Wildman–Crippen MR) is 110 cm³/mol. The fraction of sp³-hybridized carbons (Fsp3) is 0.600. The van der Waals surface area contributed by atoms with Crippen LogP contribution in [0.5, 0.6) is 0 Å². The molecule has 2 aromatic heterocycles. The summed E-state index contributed by atoms with van der Waals surface area (Å²) in [5.41, 5.74) is 1.33. The molecule has 0 aromatic carbocycles. The molecule has 1 atom stereocenters. The molecule has 1 fully saturated rings. The number of pyridine rings is 1. The van der Waals surface area contributed by atoms with Crippen molar-refractivity contribution in [1.82, 2.24) is 19.9 Å². The van der Waals surface area contributed by atoms with Crippen LogP contribution in [0, 0.1) is 5.92 Å². The number of nitrogens with zero attached hydrogens (tertiary/aromatic N) is 4. The Bertz CT molecular complexity index is 831. The van der Waals surface area contributed by atoms with E-state index in [1.165, 1.54) is 0 Å². The third kappa shape index (κ3) is 4.86. The predicted octanol–water partition coefficient (Wildman–Crippen LogP) is 2.57. The Morgan fingerprint density at radius 3 is 2.61 bits per heavy atom. The van der Waals surface area contributed by atoms with E-state index in [1.54, 1.807) is 20.0 Å². The van der Waals surface area contributed by atoms with Crippen LogP contribution in [0.1, 0.15) is 52.3 Å². The van der Waals surface area contributed by atoms with Crippen molar-refractivity contribution >= 4 is 28.6 Å². The number of fused-ring (bicyclic) bond motifs is 1. The minimum Gasteiger partial charge on any atom is -0.387 e. The highest BCUT2D eigenvalue weighted by molar-refractivity contribution is 5.89. The standard InChI is InChI=1S/C20H30N6O2/c1-12(2)23-19-18-16(9-17(24-19)13(3)27)11-22-20(25-18)21-10-15-5-7-26(8-6-15)14(4)28/h9,11-13,15,27H,5-8,10H2,1-4H3,(H,23,24)(H,21,22,25)/t13-/m1/s1. The summed E-state index contributed by atoms with van der Waals surface area (Å²) >= 11 is 0. The molecule has 3 N–H and O–H groups in total. The van der Waals surface area contributed by atoms with Gasteiger partial charge in [-0.15, -0.1) is 0 Å². The average molecular weight is 387 g/mol. The van der Waals surface area contributed by atoms with Crippen molar-refractivity contribution in [1.29, 1.82) is 0 Å². The summed E-state index contributed by atoms with van der Waals surface area (Å²) in [5.74, 6) is 1.88. The van der Waals surface area contributed by atoms with Crippen LogP contribution in [0.4, 0.5) is 11.8 Å². The zero-order valence-electron chi connectivity index (χ0n) is 17.1. The molecule has 1 amide bonds. The Labute approximate surface area is 165 Å². The Balaban J connectivity index is 1.74. The first-order valence-corrected chi connectivity index (χ1v) is 9.95. The number of hydrogen-bond donors (Lipinski definition) is 3. The quantitative estimate of drug-likeness (QED) is 0.701. The van der Waals surface area contributed by atoms with Gasteiger partial charge >= 0.3 is 0 Å². The lowest BCUT2D eigenvalue weighted by molar-refractivity contribution is -0.130. The number of amides is 1. The van der Waals surface area contributed by atoms with Crippen molar-refractivity contribution in [2.75, 3.05) is 30.3 Å². The number of carbonyl (C=O) groups excluding carboxylic acids is 1. The van der Waals surface area contributed by atoms with E-state index >= 15 is 0 Å². The third-order valence-electron chi connectivity index (χ3n) is 5.05. The molecular formula is C20H30N6O2. The maximum absolute atomic E-state index is 11.4. The first-order valence-electron chi connectivity index (χ1n) is 9.95. The maximum atomic E-state index is 11.4. The van der Waals surface area contributed by atoms with Crippen LogP contribution in [-0.4, -0.2) is 56.5 Å². The van der Waals surface area contributed by atoms with Gasteiger partial charge in [0.25, 0.3) is 0 Å². The summed E-state index contributed by atoms with van der Waals surface area (Å²) in [6, 6.07) is 2.02. The van der Waals surface area contributed by atoms with Gasteiger partial charge < -0.3 is 20.6 Å². The van der Waals surface area contributed by atoms with E-state index in [0.29, 0.717) is 23.4 Å². The highest BCUT2D eigenvalue weighted by atomic mass is 16.3. The van der Waals surface area contributed by atoms with Crippen LogP contribution in [0.25, 0.3) is 10.9 Å². The Kier molecular flexibility index (Phi) is 6.28. The topological polar surface area (TPSA) is 103 Å². The highest BCUT2D eigenvalue weighted by Crippen LogP contribution is 2.25. The third-order valence-corrected chi connectivity index (χ3v) is 5.05. The van der Waals surface area contributed by atoms with E-state index in [1.807, 2.05) is 24.8 Å². The van der Waals surface area contributed by atoms with Crippen LogP contribution >= 0.6 is 0 Å². The first kappa shape index (κ1) is 20.3. The number of aromatic nitrogens is 3. The number of hydrogen-bond acceptors (Lipinski definition) is 7. The van der Waals surface area contributed by atoms with Gasteiger partial charge in [0, 0.05) is 44.2 Å². The Hall–Kier alpha value is -2.48. The fourth-order valence-electron chi connectivity index (χ4n) is 3.42. The number of anilines is 2. The largest absolute Gasteiger partial charge is 0.387 e. The molecule has 1 saturated heterocycles. The number of aliphatic hydroxyl groups is 1. The molecule has 1 aliphatic heterocycles. The SMILES string of the molecule is CC(=O)N1CCC(CNc2ncc3cc([C@@H](C)O)nc(NC(C)C)c3n2)CC1. The minimum absolute atomic E-state index is 0.151. The molecule has 0 aliphatic carbocycles.